The van der Waals surface area contributed by atoms with Crippen molar-refractivity contribution in [3.05, 3.63) is 259 Å². The van der Waals surface area contributed by atoms with Crippen LogP contribution in [0, 0.1) is 0 Å². The minimum atomic E-state index is -0.533. The fourth-order valence-corrected chi connectivity index (χ4v) is 10.9. The number of hydrogen-bond donors (Lipinski definition) is 0. The van der Waals surface area contributed by atoms with Crippen LogP contribution in [0.15, 0.2) is 241 Å². The Morgan fingerprint density at radius 3 is 1.54 bits per heavy atom. The first kappa shape index (κ1) is 35.5. The first-order valence-corrected chi connectivity index (χ1v) is 21.8. The fraction of sp³-hybridized carbons (Fsp3) is 0.0164. The molecule has 1 aliphatic rings. The number of hydrogen-bond acceptors (Lipinski definition) is 2. The average molecular weight is 802 g/mol. The topological polar surface area (TPSA) is 16.4 Å². The molecule has 294 valence electrons. The third-order valence-corrected chi connectivity index (χ3v) is 13.5. The van der Waals surface area contributed by atoms with Crippen molar-refractivity contribution in [1.29, 1.82) is 0 Å². The molecular weight excluding hydrogens is 763 g/mol. The summed E-state index contributed by atoms with van der Waals surface area (Å²) in [5, 5.41) is 9.77. The predicted molar refractivity (Wildman–Crippen MR) is 264 cm³/mol. The lowest BCUT2D eigenvalue weighted by molar-refractivity contribution is 0.669. The van der Waals surface area contributed by atoms with Gasteiger partial charge < -0.3 is 9.32 Å². The van der Waals surface area contributed by atoms with Gasteiger partial charge in [0.25, 0.3) is 0 Å². The maximum Gasteiger partial charge on any atom is 0.136 e. The molecule has 13 rings (SSSR count). The van der Waals surface area contributed by atoms with Crippen molar-refractivity contribution < 1.29 is 4.42 Å². The van der Waals surface area contributed by atoms with Gasteiger partial charge >= 0.3 is 0 Å². The molecule has 0 unspecified atom stereocenters. The van der Waals surface area contributed by atoms with Crippen LogP contribution in [0.1, 0.15) is 22.3 Å². The molecule has 0 saturated heterocycles. The van der Waals surface area contributed by atoms with Gasteiger partial charge in [0.05, 0.1) is 5.41 Å². The van der Waals surface area contributed by atoms with E-state index in [2.05, 4.69) is 235 Å². The fourth-order valence-electron chi connectivity index (χ4n) is 10.9. The average Bonchev–Trinajstić information content (AvgIpc) is 3.89. The second kappa shape index (κ2) is 13.9. The zero-order chi connectivity index (χ0) is 41.5. The molecule has 0 spiro atoms. The SMILES string of the molecule is c1ccc(C2(c3ccccc3)c3ccccc3-c3ccc(N(c4cccc(-c5cccc6oc7ccccc7c56)c4)c4ccc5c6ccccc6c6ccccc6c5c4)cc32)cc1. The largest absolute Gasteiger partial charge is 0.456 e. The Morgan fingerprint density at radius 2 is 0.810 bits per heavy atom. The molecular formula is C61H39NO. The van der Waals surface area contributed by atoms with Crippen LogP contribution >= 0.6 is 0 Å². The van der Waals surface area contributed by atoms with E-state index in [1.807, 2.05) is 6.07 Å². The van der Waals surface area contributed by atoms with Crippen molar-refractivity contribution >= 4 is 71.3 Å². The van der Waals surface area contributed by atoms with Gasteiger partial charge in [-0.2, -0.15) is 0 Å². The summed E-state index contributed by atoms with van der Waals surface area (Å²) in [7, 11) is 0. The minimum absolute atomic E-state index is 0.533. The van der Waals surface area contributed by atoms with E-state index in [0.717, 1.165) is 50.1 Å². The smallest absolute Gasteiger partial charge is 0.136 e. The molecule has 0 aliphatic heterocycles. The molecule has 2 heteroatoms. The number of furan rings is 1. The van der Waals surface area contributed by atoms with Gasteiger partial charge in [0, 0.05) is 27.8 Å². The highest BCUT2D eigenvalue weighted by molar-refractivity contribution is 6.26. The Kier molecular flexibility index (Phi) is 7.85. The molecule has 0 N–H and O–H groups in total. The Balaban J connectivity index is 1.09. The number of fused-ring (bicyclic) bond motifs is 12. The van der Waals surface area contributed by atoms with Crippen LogP contribution in [-0.4, -0.2) is 0 Å². The van der Waals surface area contributed by atoms with Crippen LogP contribution < -0.4 is 4.90 Å². The highest BCUT2D eigenvalue weighted by Gasteiger charge is 2.46. The van der Waals surface area contributed by atoms with E-state index in [9.17, 15) is 0 Å². The van der Waals surface area contributed by atoms with Crippen LogP contribution in [0.5, 0.6) is 0 Å². The van der Waals surface area contributed by atoms with Gasteiger partial charge in [0.1, 0.15) is 11.2 Å². The van der Waals surface area contributed by atoms with Crippen molar-refractivity contribution in [2.45, 2.75) is 5.41 Å². The first-order chi connectivity index (χ1) is 31.3. The maximum atomic E-state index is 6.39. The molecule has 0 radical (unpaired) electrons. The van der Waals surface area contributed by atoms with E-state index in [-0.39, 0.29) is 0 Å². The molecule has 1 aromatic heterocycles. The third-order valence-electron chi connectivity index (χ3n) is 13.5. The Morgan fingerprint density at radius 1 is 0.302 bits per heavy atom. The van der Waals surface area contributed by atoms with Crippen LogP contribution in [0.2, 0.25) is 0 Å². The summed E-state index contributed by atoms with van der Waals surface area (Å²) in [6.45, 7) is 0. The highest BCUT2D eigenvalue weighted by atomic mass is 16.3. The zero-order valence-electron chi connectivity index (χ0n) is 34.4. The molecule has 0 bridgehead atoms. The van der Waals surface area contributed by atoms with Crippen LogP contribution in [0.25, 0.3) is 76.5 Å². The summed E-state index contributed by atoms with van der Waals surface area (Å²) in [5.41, 5.74) is 14.4. The molecule has 0 atom stereocenters. The Bertz CT molecular complexity index is 3680. The molecule has 1 aliphatic carbocycles. The van der Waals surface area contributed by atoms with Crippen LogP contribution in [-0.2, 0) is 5.41 Å². The highest BCUT2D eigenvalue weighted by Crippen LogP contribution is 2.57. The van der Waals surface area contributed by atoms with Crippen molar-refractivity contribution in [1.82, 2.24) is 0 Å². The van der Waals surface area contributed by atoms with Gasteiger partial charge in [-0.1, -0.05) is 188 Å². The minimum Gasteiger partial charge on any atom is -0.456 e. The predicted octanol–water partition coefficient (Wildman–Crippen LogP) is 16.5. The number of nitrogens with zero attached hydrogens (tertiary/aromatic N) is 1. The summed E-state index contributed by atoms with van der Waals surface area (Å²) in [6.07, 6.45) is 0. The van der Waals surface area contributed by atoms with Crippen molar-refractivity contribution in [3.8, 4) is 22.3 Å². The molecule has 0 fully saturated rings. The van der Waals surface area contributed by atoms with Crippen LogP contribution in [0.3, 0.4) is 0 Å². The summed E-state index contributed by atoms with van der Waals surface area (Å²) >= 11 is 0. The molecule has 0 amide bonds. The number of para-hydroxylation sites is 1. The standard InChI is InChI=1S/C61H39NO/c1-3-18-41(19-4-1)61(42-20-5-2-6-21-42)56-30-13-11-27-52(56)53-36-34-45(39-57(53)61)62(44-33-35-51-49-25-8-7-23-47(49)48-24-9-10-26-50(48)55(51)38-44)43-22-15-17-40(37-43)46-29-16-32-59-60(46)54-28-12-14-31-58(54)63-59/h1-39H. The monoisotopic (exact) mass is 801 g/mol. The lowest BCUT2D eigenvalue weighted by atomic mass is 9.67. The second-order valence-electron chi connectivity index (χ2n) is 16.7. The summed E-state index contributed by atoms with van der Waals surface area (Å²) < 4.78 is 6.39. The van der Waals surface area contributed by atoms with Gasteiger partial charge in [0.15, 0.2) is 0 Å². The number of anilines is 3. The van der Waals surface area contributed by atoms with Gasteiger partial charge in [-0.3, -0.25) is 0 Å². The zero-order valence-corrected chi connectivity index (χ0v) is 34.4. The van der Waals surface area contributed by atoms with E-state index in [1.54, 1.807) is 0 Å². The first-order valence-electron chi connectivity index (χ1n) is 21.8. The van der Waals surface area contributed by atoms with E-state index in [0.29, 0.717) is 0 Å². The van der Waals surface area contributed by atoms with Gasteiger partial charge in [-0.15, -0.1) is 0 Å². The summed E-state index contributed by atoms with van der Waals surface area (Å²) in [5.74, 6) is 0. The normalized spacial score (nSPS) is 12.9. The lowest BCUT2D eigenvalue weighted by Crippen LogP contribution is -2.28. The second-order valence-corrected chi connectivity index (χ2v) is 16.7. The van der Waals surface area contributed by atoms with Crippen LogP contribution in [0.4, 0.5) is 17.1 Å². The van der Waals surface area contributed by atoms with E-state index in [1.165, 1.54) is 65.7 Å². The van der Waals surface area contributed by atoms with Gasteiger partial charge in [-0.05, 0) is 125 Å². The molecule has 2 nitrogen and oxygen atoms in total. The van der Waals surface area contributed by atoms with Gasteiger partial charge in [0.2, 0.25) is 0 Å². The van der Waals surface area contributed by atoms with E-state index in [4.69, 9.17) is 4.42 Å². The summed E-state index contributed by atoms with van der Waals surface area (Å²) in [6, 6.07) is 86.8. The molecule has 1 heterocycles. The molecule has 11 aromatic carbocycles. The quantitative estimate of drug-likeness (QED) is 0.156. The van der Waals surface area contributed by atoms with E-state index >= 15 is 0 Å². The molecule has 12 aromatic rings. The molecule has 0 saturated carbocycles. The number of benzene rings is 11. The van der Waals surface area contributed by atoms with Crippen molar-refractivity contribution in [2.24, 2.45) is 0 Å². The maximum absolute atomic E-state index is 6.39. The van der Waals surface area contributed by atoms with Crippen molar-refractivity contribution in [3.63, 3.8) is 0 Å². The lowest BCUT2D eigenvalue weighted by Gasteiger charge is -2.35. The van der Waals surface area contributed by atoms with E-state index < -0.39 is 5.41 Å². The molecule has 63 heavy (non-hydrogen) atoms. The third kappa shape index (κ3) is 5.25. The number of rotatable bonds is 6. The van der Waals surface area contributed by atoms with Crippen molar-refractivity contribution in [2.75, 3.05) is 4.90 Å². The summed E-state index contributed by atoms with van der Waals surface area (Å²) in [4.78, 5) is 2.46. The Hall–Kier alpha value is -8.20. The van der Waals surface area contributed by atoms with Gasteiger partial charge in [-0.25, -0.2) is 0 Å². The Labute approximate surface area is 365 Å².